The lowest BCUT2D eigenvalue weighted by Gasteiger charge is -2.13. The summed E-state index contributed by atoms with van der Waals surface area (Å²) >= 11 is 5.93. The van der Waals surface area contributed by atoms with Gasteiger partial charge in [-0.3, -0.25) is 9.59 Å². The summed E-state index contributed by atoms with van der Waals surface area (Å²) < 4.78 is 0. The molecule has 0 saturated carbocycles. The number of amides is 2. The zero-order valence-corrected chi connectivity index (χ0v) is 12.9. The van der Waals surface area contributed by atoms with Crippen LogP contribution < -0.4 is 16.0 Å². The van der Waals surface area contributed by atoms with E-state index in [0.29, 0.717) is 22.6 Å². The predicted octanol–water partition coefficient (Wildman–Crippen LogP) is 2.15. The summed E-state index contributed by atoms with van der Waals surface area (Å²) in [7, 11) is 3.62. The Balaban J connectivity index is 2.20. The first-order valence-corrected chi connectivity index (χ1v) is 6.81. The number of hydrogen-bond acceptors (Lipinski definition) is 4. The predicted molar refractivity (Wildman–Crippen MR) is 86.5 cm³/mol. The zero-order chi connectivity index (χ0) is 16.3. The number of hydrogen-bond donors (Lipinski definition) is 2. The summed E-state index contributed by atoms with van der Waals surface area (Å²) in [6, 6.07) is 9.42. The Hall–Kier alpha value is -2.60. The number of carbonyl (C=O) groups excluding carboxylic acids is 2. The monoisotopic (exact) mass is 318 g/mol. The van der Waals surface area contributed by atoms with Crippen LogP contribution in [0.4, 0.5) is 11.5 Å². The van der Waals surface area contributed by atoms with E-state index in [-0.39, 0.29) is 11.1 Å². The van der Waals surface area contributed by atoms with E-state index < -0.39 is 5.91 Å². The fourth-order valence-electron chi connectivity index (χ4n) is 1.76. The second-order valence-electron chi connectivity index (χ2n) is 4.83. The van der Waals surface area contributed by atoms with Crippen molar-refractivity contribution in [3.63, 3.8) is 0 Å². The van der Waals surface area contributed by atoms with E-state index in [2.05, 4.69) is 10.3 Å². The number of primary amides is 1. The number of carbonyl (C=O) groups is 2. The molecule has 1 heterocycles. The number of anilines is 2. The summed E-state index contributed by atoms with van der Waals surface area (Å²) in [6.45, 7) is 0. The van der Waals surface area contributed by atoms with Gasteiger partial charge in [-0.15, -0.1) is 0 Å². The minimum absolute atomic E-state index is 0.237. The Morgan fingerprint density at radius 3 is 2.32 bits per heavy atom. The third-order valence-corrected chi connectivity index (χ3v) is 3.12. The Labute approximate surface area is 132 Å². The van der Waals surface area contributed by atoms with Crippen LogP contribution in [0.3, 0.4) is 0 Å². The second kappa shape index (κ2) is 6.44. The van der Waals surface area contributed by atoms with Crippen LogP contribution >= 0.6 is 11.6 Å². The molecule has 0 radical (unpaired) electrons. The van der Waals surface area contributed by atoms with E-state index in [4.69, 9.17) is 17.3 Å². The molecule has 22 heavy (non-hydrogen) atoms. The molecule has 1 aromatic carbocycles. The van der Waals surface area contributed by atoms with Gasteiger partial charge >= 0.3 is 0 Å². The molecule has 0 atom stereocenters. The fourth-order valence-corrected chi connectivity index (χ4v) is 1.97. The molecule has 2 rings (SSSR count). The molecule has 0 aliphatic carbocycles. The second-order valence-corrected chi connectivity index (χ2v) is 5.21. The van der Waals surface area contributed by atoms with Gasteiger partial charge in [0.2, 0.25) is 5.91 Å². The van der Waals surface area contributed by atoms with Crippen molar-refractivity contribution in [3.8, 4) is 0 Å². The molecule has 1 aromatic heterocycles. The van der Waals surface area contributed by atoms with E-state index in [0.717, 1.165) is 0 Å². The summed E-state index contributed by atoms with van der Waals surface area (Å²) in [6.07, 6.45) is 0. The smallest absolute Gasteiger partial charge is 0.255 e. The van der Waals surface area contributed by atoms with Crippen LogP contribution in [0.1, 0.15) is 20.7 Å². The minimum Gasteiger partial charge on any atom is -0.366 e. The molecule has 0 fully saturated rings. The average molecular weight is 319 g/mol. The molecule has 0 aliphatic rings. The largest absolute Gasteiger partial charge is 0.366 e. The molecular weight excluding hydrogens is 304 g/mol. The maximum absolute atomic E-state index is 12.3. The summed E-state index contributed by atoms with van der Waals surface area (Å²) in [5.74, 6) is -0.254. The van der Waals surface area contributed by atoms with Crippen LogP contribution in [0.15, 0.2) is 36.4 Å². The van der Waals surface area contributed by atoms with Crippen molar-refractivity contribution in [2.24, 2.45) is 5.73 Å². The third kappa shape index (κ3) is 3.73. The van der Waals surface area contributed by atoms with Crippen LogP contribution in [-0.4, -0.2) is 30.9 Å². The quantitative estimate of drug-likeness (QED) is 0.845. The van der Waals surface area contributed by atoms with Crippen molar-refractivity contribution < 1.29 is 9.59 Å². The van der Waals surface area contributed by atoms with Gasteiger partial charge in [-0.1, -0.05) is 11.6 Å². The minimum atomic E-state index is -0.519. The third-order valence-electron chi connectivity index (χ3n) is 2.93. The normalized spacial score (nSPS) is 10.1. The highest BCUT2D eigenvalue weighted by atomic mass is 35.5. The van der Waals surface area contributed by atoms with E-state index in [1.54, 1.807) is 35.2 Å². The number of nitrogens with zero attached hydrogens (tertiary/aromatic N) is 2. The number of benzene rings is 1. The molecule has 0 aliphatic heterocycles. The van der Waals surface area contributed by atoms with Crippen molar-refractivity contribution in [3.05, 3.63) is 52.7 Å². The lowest BCUT2D eigenvalue weighted by Crippen LogP contribution is -2.16. The standard InChI is InChI=1S/C15H15ClN4O2/c1-20(2)13-8-10(7-12(16)19-13)15(22)18-11-5-3-9(4-6-11)14(17)21/h3-8H,1-2H3,(H2,17,21)(H,18,22). The zero-order valence-electron chi connectivity index (χ0n) is 12.1. The Morgan fingerprint density at radius 2 is 1.77 bits per heavy atom. The van der Waals surface area contributed by atoms with E-state index >= 15 is 0 Å². The van der Waals surface area contributed by atoms with Crippen LogP contribution in [0.5, 0.6) is 0 Å². The Kier molecular flexibility index (Phi) is 4.62. The molecule has 3 N–H and O–H groups in total. The van der Waals surface area contributed by atoms with Crippen LogP contribution in [-0.2, 0) is 0 Å². The van der Waals surface area contributed by atoms with E-state index in [9.17, 15) is 9.59 Å². The maximum atomic E-state index is 12.3. The number of rotatable bonds is 4. The van der Waals surface area contributed by atoms with Crippen LogP contribution in [0, 0.1) is 0 Å². The number of nitrogens with one attached hydrogen (secondary N) is 1. The first kappa shape index (κ1) is 15.8. The molecule has 6 nitrogen and oxygen atoms in total. The van der Waals surface area contributed by atoms with Gasteiger partial charge in [0.25, 0.3) is 5.91 Å². The first-order chi connectivity index (χ1) is 10.4. The van der Waals surface area contributed by atoms with Crippen molar-refractivity contribution in [1.29, 1.82) is 0 Å². The molecule has 2 aromatic rings. The van der Waals surface area contributed by atoms with Crippen LogP contribution in [0.25, 0.3) is 0 Å². The Morgan fingerprint density at radius 1 is 1.14 bits per heavy atom. The molecular formula is C15H15ClN4O2. The first-order valence-electron chi connectivity index (χ1n) is 6.43. The lowest BCUT2D eigenvalue weighted by molar-refractivity contribution is 0.0998. The van der Waals surface area contributed by atoms with E-state index in [1.165, 1.54) is 6.07 Å². The average Bonchev–Trinajstić information content (AvgIpc) is 2.47. The molecule has 0 bridgehead atoms. The Bertz CT molecular complexity index is 714. The SMILES string of the molecule is CN(C)c1cc(C(=O)Nc2ccc(C(N)=O)cc2)cc(Cl)n1. The van der Waals surface area contributed by atoms with E-state index in [1.807, 2.05) is 14.1 Å². The molecule has 0 unspecified atom stereocenters. The fraction of sp³-hybridized carbons (Fsp3) is 0.133. The number of aromatic nitrogens is 1. The number of pyridine rings is 1. The molecule has 114 valence electrons. The molecule has 2 amide bonds. The molecule has 0 spiro atoms. The van der Waals surface area contributed by atoms with Gasteiger partial charge in [-0.05, 0) is 36.4 Å². The van der Waals surface area contributed by atoms with Crippen LogP contribution in [0.2, 0.25) is 5.15 Å². The van der Waals surface area contributed by atoms with Gasteiger partial charge in [-0.25, -0.2) is 4.98 Å². The van der Waals surface area contributed by atoms with Crippen molar-refractivity contribution >= 4 is 34.9 Å². The summed E-state index contributed by atoms with van der Waals surface area (Å²) in [5.41, 5.74) is 6.48. The molecule has 7 heteroatoms. The lowest BCUT2D eigenvalue weighted by atomic mass is 10.2. The summed E-state index contributed by atoms with van der Waals surface area (Å²) in [4.78, 5) is 29.1. The summed E-state index contributed by atoms with van der Waals surface area (Å²) in [5, 5.41) is 2.96. The maximum Gasteiger partial charge on any atom is 0.255 e. The van der Waals surface area contributed by atoms with Gasteiger partial charge in [0.05, 0.1) is 0 Å². The highest BCUT2D eigenvalue weighted by molar-refractivity contribution is 6.30. The van der Waals surface area contributed by atoms with Gasteiger partial charge in [0, 0.05) is 30.9 Å². The van der Waals surface area contributed by atoms with Gasteiger partial charge in [0.1, 0.15) is 11.0 Å². The topological polar surface area (TPSA) is 88.3 Å². The number of nitrogens with two attached hydrogens (primary N) is 1. The van der Waals surface area contributed by atoms with Gasteiger partial charge in [-0.2, -0.15) is 0 Å². The van der Waals surface area contributed by atoms with Crippen molar-refractivity contribution in [2.45, 2.75) is 0 Å². The highest BCUT2D eigenvalue weighted by Crippen LogP contribution is 2.18. The van der Waals surface area contributed by atoms with Crippen molar-refractivity contribution in [1.82, 2.24) is 4.98 Å². The number of halogens is 1. The van der Waals surface area contributed by atoms with Crippen molar-refractivity contribution in [2.75, 3.05) is 24.3 Å². The van der Waals surface area contributed by atoms with Gasteiger partial charge in [0.15, 0.2) is 0 Å². The van der Waals surface area contributed by atoms with Gasteiger partial charge < -0.3 is 16.0 Å². The molecule has 0 saturated heterocycles. The highest BCUT2D eigenvalue weighted by Gasteiger charge is 2.11.